The lowest BCUT2D eigenvalue weighted by Gasteiger charge is -2.01. The Labute approximate surface area is 122 Å². The molecule has 106 valence electrons. The second kappa shape index (κ2) is 5.21. The lowest BCUT2D eigenvalue weighted by atomic mass is 10.1. The van der Waals surface area contributed by atoms with E-state index in [1.807, 2.05) is 0 Å². The minimum absolute atomic E-state index is 0.000813. The first-order valence-corrected chi connectivity index (χ1v) is 6.89. The molecule has 0 aliphatic heterocycles. The molecule has 0 fully saturated rings. The van der Waals surface area contributed by atoms with Gasteiger partial charge in [-0.3, -0.25) is 0 Å². The van der Waals surface area contributed by atoms with Crippen LogP contribution < -0.4 is 5.73 Å². The topological polar surface area (TPSA) is 38.9 Å². The minimum Gasteiger partial charge on any atom is -0.396 e. The van der Waals surface area contributed by atoms with Crippen molar-refractivity contribution >= 4 is 17.0 Å². The molecule has 2 aromatic carbocycles. The summed E-state index contributed by atoms with van der Waals surface area (Å²) in [7, 11) is 0. The predicted octanol–water partition coefficient (Wildman–Crippen LogP) is 4.48. The Kier molecular flexibility index (Phi) is 3.39. The maximum Gasteiger partial charge on any atom is 0.146 e. The first-order valence-electron chi connectivity index (χ1n) is 6.01. The van der Waals surface area contributed by atoms with Crippen LogP contribution in [0.5, 0.6) is 0 Å². The van der Waals surface area contributed by atoms with E-state index >= 15 is 0 Å². The molecule has 2 nitrogen and oxygen atoms in total. The lowest BCUT2D eigenvalue weighted by Crippen LogP contribution is -1.91. The van der Waals surface area contributed by atoms with Gasteiger partial charge in [0, 0.05) is 10.9 Å². The number of anilines is 1. The fourth-order valence-electron chi connectivity index (χ4n) is 1.93. The smallest absolute Gasteiger partial charge is 0.146 e. The van der Waals surface area contributed by atoms with Gasteiger partial charge in [0.05, 0.1) is 16.9 Å². The van der Waals surface area contributed by atoms with Crippen LogP contribution in [0.3, 0.4) is 0 Å². The van der Waals surface area contributed by atoms with E-state index in [0.29, 0.717) is 11.3 Å². The van der Waals surface area contributed by atoms with E-state index in [4.69, 9.17) is 5.73 Å². The zero-order chi connectivity index (χ0) is 15.0. The van der Waals surface area contributed by atoms with Crippen molar-refractivity contribution in [3.8, 4) is 21.8 Å². The fraction of sp³-hybridized carbons (Fsp3) is 0. The number of aromatic nitrogens is 1. The highest BCUT2D eigenvalue weighted by atomic mass is 32.1. The van der Waals surface area contributed by atoms with Gasteiger partial charge in [-0.15, -0.1) is 11.3 Å². The van der Waals surface area contributed by atoms with Crippen LogP contribution in [-0.4, -0.2) is 4.98 Å². The van der Waals surface area contributed by atoms with Crippen molar-refractivity contribution in [2.75, 3.05) is 5.73 Å². The standard InChI is InChI=1S/C15H9F3N2S/c16-9-5-4-8(6-12(9)19)13-7-21-15(20-13)14-10(17)2-1-3-11(14)18/h1-7H,19H2. The van der Waals surface area contributed by atoms with Gasteiger partial charge in [-0.1, -0.05) is 6.07 Å². The molecule has 0 aliphatic rings. The summed E-state index contributed by atoms with van der Waals surface area (Å²) in [6.07, 6.45) is 0. The molecule has 0 amide bonds. The maximum absolute atomic E-state index is 13.7. The molecule has 0 atom stereocenters. The average Bonchev–Trinajstić information content (AvgIpc) is 2.91. The second-order valence-corrected chi connectivity index (χ2v) is 5.23. The van der Waals surface area contributed by atoms with Gasteiger partial charge < -0.3 is 5.73 Å². The van der Waals surface area contributed by atoms with E-state index in [1.54, 1.807) is 5.38 Å². The molecule has 0 unspecified atom stereocenters. The Morgan fingerprint density at radius 2 is 1.67 bits per heavy atom. The zero-order valence-corrected chi connectivity index (χ0v) is 11.4. The van der Waals surface area contributed by atoms with Crippen molar-refractivity contribution in [2.45, 2.75) is 0 Å². The SMILES string of the molecule is Nc1cc(-c2csc(-c3c(F)cccc3F)n2)ccc1F. The molecular weight excluding hydrogens is 297 g/mol. The van der Waals surface area contributed by atoms with Gasteiger partial charge in [-0.2, -0.15) is 0 Å². The summed E-state index contributed by atoms with van der Waals surface area (Å²) in [6, 6.07) is 7.83. The monoisotopic (exact) mass is 306 g/mol. The number of halogens is 3. The molecule has 3 rings (SSSR count). The first kappa shape index (κ1) is 13.6. The van der Waals surface area contributed by atoms with Crippen LogP contribution in [-0.2, 0) is 0 Å². The van der Waals surface area contributed by atoms with Gasteiger partial charge in [0.1, 0.15) is 22.5 Å². The third-order valence-electron chi connectivity index (χ3n) is 2.97. The Morgan fingerprint density at radius 3 is 2.33 bits per heavy atom. The van der Waals surface area contributed by atoms with Crippen LogP contribution in [0.4, 0.5) is 18.9 Å². The summed E-state index contributed by atoms with van der Waals surface area (Å²) < 4.78 is 40.6. The van der Waals surface area contributed by atoms with E-state index in [-0.39, 0.29) is 16.3 Å². The van der Waals surface area contributed by atoms with Gasteiger partial charge >= 0.3 is 0 Å². The molecule has 0 saturated heterocycles. The van der Waals surface area contributed by atoms with Crippen LogP contribution in [0.25, 0.3) is 21.8 Å². The van der Waals surface area contributed by atoms with Crippen LogP contribution in [0, 0.1) is 17.5 Å². The highest BCUT2D eigenvalue weighted by Gasteiger charge is 2.15. The average molecular weight is 306 g/mol. The number of nitrogens with two attached hydrogens (primary N) is 1. The van der Waals surface area contributed by atoms with Crippen LogP contribution >= 0.6 is 11.3 Å². The summed E-state index contributed by atoms with van der Waals surface area (Å²) in [5, 5.41) is 1.87. The molecule has 6 heteroatoms. The first-order chi connectivity index (χ1) is 10.1. The Balaban J connectivity index is 2.06. The predicted molar refractivity (Wildman–Crippen MR) is 77.3 cm³/mol. The van der Waals surface area contributed by atoms with E-state index in [9.17, 15) is 13.2 Å². The maximum atomic E-state index is 13.7. The van der Waals surface area contributed by atoms with Crippen molar-refractivity contribution in [1.82, 2.24) is 4.98 Å². The van der Waals surface area contributed by atoms with Crippen LogP contribution in [0.2, 0.25) is 0 Å². The molecule has 0 aliphatic carbocycles. The molecule has 21 heavy (non-hydrogen) atoms. The van der Waals surface area contributed by atoms with Gasteiger partial charge in [0.2, 0.25) is 0 Å². The zero-order valence-electron chi connectivity index (χ0n) is 10.6. The summed E-state index contributed by atoms with van der Waals surface area (Å²) >= 11 is 1.11. The van der Waals surface area contributed by atoms with Gasteiger partial charge in [-0.05, 0) is 30.3 Å². The van der Waals surface area contributed by atoms with Gasteiger partial charge in [0.15, 0.2) is 0 Å². The van der Waals surface area contributed by atoms with Crippen LogP contribution in [0.1, 0.15) is 0 Å². The molecule has 1 heterocycles. The number of hydrogen-bond donors (Lipinski definition) is 1. The number of thiazole rings is 1. The van der Waals surface area contributed by atoms with Crippen molar-refractivity contribution in [2.24, 2.45) is 0 Å². The number of rotatable bonds is 2. The van der Waals surface area contributed by atoms with Crippen LogP contribution in [0.15, 0.2) is 41.8 Å². The largest absolute Gasteiger partial charge is 0.396 e. The molecule has 3 aromatic rings. The molecule has 0 spiro atoms. The third kappa shape index (κ3) is 2.50. The minimum atomic E-state index is -0.672. The molecule has 0 bridgehead atoms. The van der Waals surface area contributed by atoms with Crippen molar-refractivity contribution in [3.63, 3.8) is 0 Å². The molecule has 0 saturated carbocycles. The van der Waals surface area contributed by atoms with E-state index in [1.165, 1.54) is 36.4 Å². The van der Waals surface area contributed by atoms with Gasteiger partial charge in [-0.25, -0.2) is 18.2 Å². The normalized spacial score (nSPS) is 10.8. The highest BCUT2D eigenvalue weighted by Crippen LogP contribution is 2.32. The summed E-state index contributed by atoms with van der Waals surface area (Å²) in [4.78, 5) is 4.20. The summed E-state index contributed by atoms with van der Waals surface area (Å²) in [5.41, 5.74) is 6.42. The summed E-state index contributed by atoms with van der Waals surface area (Å²) in [6.45, 7) is 0. The number of nitrogens with zero attached hydrogens (tertiary/aromatic N) is 1. The van der Waals surface area contributed by atoms with E-state index in [2.05, 4.69) is 4.98 Å². The number of hydrogen-bond acceptors (Lipinski definition) is 3. The second-order valence-electron chi connectivity index (χ2n) is 4.37. The highest BCUT2D eigenvalue weighted by molar-refractivity contribution is 7.13. The fourth-order valence-corrected chi connectivity index (χ4v) is 2.80. The third-order valence-corrected chi connectivity index (χ3v) is 3.83. The molecule has 2 N–H and O–H groups in total. The Bertz CT molecular complexity index is 794. The van der Waals surface area contributed by atoms with Crippen molar-refractivity contribution < 1.29 is 13.2 Å². The molecular formula is C15H9F3N2S. The van der Waals surface area contributed by atoms with Gasteiger partial charge in [0.25, 0.3) is 0 Å². The quantitative estimate of drug-likeness (QED) is 0.709. The summed E-state index contributed by atoms with van der Waals surface area (Å²) in [5.74, 6) is -1.86. The number of nitrogen functional groups attached to an aromatic ring is 1. The molecule has 1 aromatic heterocycles. The van der Waals surface area contributed by atoms with E-state index in [0.717, 1.165) is 11.3 Å². The van der Waals surface area contributed by atoms with Crippen molar-refractivity contribution in [3.05, 3.63) is 59.2 Å². The number of benzene rings is 2. The lowest BCUT2D eigenvalue weighted by molar-refractivity contribution is 0.589. The van der Waals surface area contributed by atoms with E-state index < -0.39 is 17.5 Å². The molecule has 0 radical (unpaired) electrons. The van der Waals surface area contributed by atoms with Crippen molar-refractivity contribution in [1.29, 1.82) is 0 Å². The Hall–Kier alpha value is -2.34. The Morgan fingerprint density at radius 1 is 0.952 bits per heavy atom.